The summed E-state index contributed by atoms with van der Waals surface area (Å²) in [5.41, 5.74) is 2.32. The molecule has 28 heavy (non-hydrogen) atoms. The Labute approximate surface area is 171 Å². The zero-order valence-electron chi connectivity index (χ0n) is 16.9. The van der Waals surface area contributed by atoms with Gasteiger partial charge in [-0.05, 0) is 43.9 Å². The van der Waals surface area contributed by atoms with Crippen LogP contribution in [-0.2, 0) is 9.53 Å². The first kappa shape index (κ1) is 20.6. The third kappa shape index (κ3) is 5.00. The Kier molecular flexibility index (Phi) is 6.86. The normalized spacial score (nSPS) is 19.1. The Morgan fingerprint density at radius 2 is 1.89 bits per heavy atom. The van der Waals surface area contributed by atoms with Crippen molar-refractivity contribution in [3.63, 3.8) is 0 Å². The Morgan fingerprint density at radius 3 is 2.54 bits per heavy atom. The summed E-state index contributed by atoms with van der Waals surface area (Å²) in [4.78, 5) is 17.6. The second-order valence-electron chi connectivity index (χ2n) is 7.18. The maximum Gasteiger partial charge on any atom is 0.303 e. The van der Waals surface area contributed by atoms with E-state index in [2.05, 4.69) is 60.3 Å². The zero-order valence-corrected chi connectivity index (χ0v) is 17.7. The highest BCUT2D eigenvalue weighted by molar-refractivity contribution is 7.99. The van der Waals surface area contributed by atoms with Gasteiger partial charge in [0.1, 0.15) is 11.9 Å². The molecule has 0 saturated carbocycles. The van der Waals surface area contributed by atoms with Crippen LogP contribution in [0.5, 0.6) is 5.75 Å². The number of nitrogens with zero attached hydrogens (tertiary/aromatic N) is 2. The molecular formula is C22H28N2O3S. The second kappa shape index (κ2) is 9.34. The highest BCUT2D eigenvalue weighted by Crippen LogP contribution is 2.46. The van der Waals surface area contributed by atoms with Gasteiger partial charge in [0.25, 0.3) is 0 Å². The van der Waals surface area contributed by atoms with Gasteiger partial charge in [0.05, 0.1) is 24.6 Å². The molecule has 0 fully saturated rings. The van der Waals surface area contributed by atoms with Crippen molar-refractivity contribution in [3.8, 4) is 5.75 Å². The minimum absolute atomic E-state index is 0.0142. The molecule has 0 saturated heterocycles. The van der Waals surface area contributed by atoms with E-state index in [0.29, 0.717) is 6.54 Å². The SMILES string of the molecule is COc1ccc([C@@H]2Sc3ccccc3N(CCN(C)C)C[C@@H]2OC(C)=O)cc1. The van der Waals surface area contributed by atoms with Crippen molar-refractivity contribution in [2.45, 2.75) is 23.2 Å². The number of esters is 1. The maximum atomic E-state index is 11.9. The summed E-state index contributed by atoms with van der Waals surface area (Å²) in [6, 6.07) is 16.5. The van der Waals surface area contributed by atoms with Crippen LogP contribution in [0.1, 0.15) is 17.7 Å². The molecule has 6 heteroatoms. The van der Waals surface area contributed by atoms with E-state index in [1.807, 2.05) is 12.1 Å². The molecule has 2 atom stereocenters. The van der Waals surface area contributed by atoms with Gasteiger partial charge in [-0.1, -0.05) is 24.3 Å². The van der Waals surface area contributed by atoms with Gasteiger partial charge in [-0.2, -0.15) is 0 Å². The average Bonchev–Trinajstić information content (AvgIpc) is 2.83. The van der Waals surface area contributed by atoms with E-state index in [-0.39, 0.29) is 17.3 Å². The molecule has 2 aromatic rings. The largest absolute Gasteiger partial charge is 0.497 e. The standard InChI is InChI=1S/C22H28N2O3S/c1-16(25)27-20-15-24(14-13-23(2)3)19-7-5-6-8-21(19)28-22(20)17-9-11-18(26-4)12-10-17/h5-12,20,22H,13-15H2,1-4H3/t20-,22-/m0/s1. The van der Waals surface area contributed by atoms with Crippen molar-refractivity contribution in [2.75, 3.05) is 45.7 Å². The smallest absolute Gasteiger partial charge is 0.303 e. The molecule has 0 bridgehead atoms. The fraction of sp³-hybridized carbons (Fsp3) is 0.409. The second-order valence-corrected chi connectivity index (χ2v) is 8.36. The van der Waals surface area contributed by atoms with Gasteiger partial charge in [-0.3, -0.25) is 4.79 Å². The minimum atomic E-state index is -0.248. The van der Waals surface area contributed by atoms with Gasteiger partial charge >= 0.3 is 5.97 Å². The lowest BCUT2D eigenvalue weighted by Gasteiger charge is -2.30. The third-order valence-electron chi connectivity index (χ3n) is 4.78. The van der Waals surface area contributed by atoms with Crippen molar-refractivity contribution < 1.29 is 14.3 Å². The van der Waals surface area contributed by atoms with Crippen molar-refractivity contribution in [3.05, 3.63) is 54.1 Å². The summed E-state index contributed by atoms with van der Waals surface area (Å²) >= 11 is 1.76. The number of carbonyl (C=O) groups excluding carboxylic acids is 1. The third-order valence-corrected chi connectivity index (χ3v) is 6.21. The van der Waals surface area contributed by atoms with E-state index >= 15 is 0 Å². The summed E-state index contributed by atoms with van der Waals surface area (Å²) in [5.74, 6) is 0.571. The highest BCUT2D eigenvalue weighted by Gasteiger charge is 2.33. The number of benzene rings is 2. The van der Waals surface area contributed by atoms with Crippen LogP contribution < -0.4 is 9.64 Å². The lowest BCUT2D eigenvalue weighted by Crippen LogP contribution is -2.39. The van der Waals surface area contributed by atoms with E-state index in [1.54, 1.807) is 18.9 Å². The van der Waals surface area contributed by atoms with Crippen LogP contribution in [0.3, 0.4) is 0 Å². The topological polar surface area (TPSA) is 42.0 Å². The number of ether oxygens (including phenoxy) is 2. The van der Waals surface area contributed by atoms with Crippen LogP contribution in [-0.4, -0.2) is 57.8 Å². The molecule has 1 aliphatic rings. The number of para-hydroxylation sites is 1. The van der Waals surface area contributed by atoms with Crippen molar-refractivity contribution in [1.82, 2.24) is 4.90 Å². The predicted octanol–water partition coefficient (Wildman–Crippen LogP) is 3.84. The number of methoxy groups -OCH3 is 1. The summed E-state index contributed by atoms with van der Waals surface area (Å²) < 4.78 is 11.1. The van der Waals surface area contributed by atoms with Gasteiger partial charge < -0.3 is 19.3 Å². The highest BCUT2D eigenvalue weighted by atomic mass is 32.2. The summed E-state index contributed by atoms with van der Waals surface area (Å²) in [5, 5.41) is 0.0142. The molecule has 150 valence electrons. The summed E-state index contributed by atoms with van der Waals surface area (Å²) in [7, 11) is 5.81. The van der Waals surface area contributed by atoms with E-state index in [0.717, 1.165) is 24.4 Å². The molecule has 0 aliphatic carbocycles. The fourth-order valence-electron chi connectivity index (χ4n) is 3.36. The predicted molar refractivity (Wildman–Crippen MR) is 114 cm³/mol. The van der Waals surface area contributed by atoms with Crippen molar-refractivity contribution in [1.29, 1.82) is 0 Å². The number of hydrogen-bond donors (Lipinski definition) is 0. The first-order chi connectivity index (χ1) is 13.5. The Hall–Kier alpha value is -2.18. The molecule has 1 aliphatic heterocycles. The Balaban J connectivity index is 1.97. The molecule has 1 heterocycles. The number of carbonyl (C=O) groups is 1. The number of hydrogen-bond acceptors (Lipinski definition) is 6. The van der Waals surface area contributed by atoms with E-state index in [1.165, 1.54) is 17.5 Å². The van der Waals surface area contributed by atoms with Crippen molar-refractivity contribution in [2.24, 2.45) is 0 Å². The minimum Gasteiger partial charge on any atom is -0.497 e. The molecule has 0 N–H and O–H groups in total. The van der Waals surface area contributed by atoms with Crippen molar-refractivity contribution >= 4 is 23.4 Å². The molecular weight excluding hydrogens is 372 g/mol. The summed E-state index contributed by atoms with van der Waals surface area (Å²) in [6.07, 6.45) is -0.245. The monoisotopic (exact) mass is 400 g/mol. The van der Waals surface area contributed by atoms with Crippen LogP contribution in [0.15, 0.2) is 53.4 Å². The molecule has 5 nitrogen and oxygen atoms in total. The number of fused-ring (bicyclic) bond motifs is 1. The van der Waals surface area contributed by atoms with E-state index < -0.39 is 0 Å². The van der Waals surface area contributed by atoms with Crippen LogP contribution in [0.25, 0.3) is 0 Å². The molecule has 3 rings (SSSR count). The van der Waals surface area contributed by atoms with E-state index in [9.17, 15) is 4.79 Å². The number of likely N-dealkylation sites (N-methyl/N-ethyl adjacent to an activating group) is 1. The Bertz CT molecular complexity index is 795. The quantitative estimate of drug-likeness (QED) is 0.687. The Morgan fingerprint density at radius 1 is 1.18 bits per heavy atom. The molecule has 0 radical (unpaired) electrons. The van der Waals surface area contributed by atoms with Crippen LogP contribution in [0.4, 0.5) is 5.69 Å². The van der Waals surface area contributed by atoms with Gasteiger partial charge in [0.15, 0.2) is 0 Å². The van der Waals surface area contributed by atoms with Gasteiger partial charge in [0, 0.05) is 24.9 Å². The van der Waals surface area contributed by atoms with Gasteiger partial charge in [-0.15, -0.1) is 11.8 Å². The summed E-state index contributed by atoms with van der Waals surface area (Å²) in [6.45, 7) is 3.95. The first-order valence-corrected chi connectivity index (χ1v) is 10.3. The van der Waals surface area contributed by atoms with Crippen LogP contribution >= 0.6 is 11.8 Å². The van der Waals surface area contributed by atoms with Gasteiger partial charge in [-0.25, -0.2) is 0 Å². The maximum absolute atomic E-state index is 11.9. The van der Waals surface area contributed by atoms with Gasteiger partial charge in [0.2, 0.25) is 0 Å². The lowest BCUT2D eigenvalue weighted by atomic mass is 10.1. The zero-order chi connectivity index (χ0) is 20.1. The molecule has 0 spiro atoms. The number of thioether (sulfide) groups is 1. The first-order valence-electron chi connectivity index (χ1n) is 9.44. The fourth-order valence-corrected chi connectivity index (χ4v) is 4.70. The molecule has 2 aromatic carbocycles. The number of anilines is 1. The van der Waals surface area contributed by atoms with Crippen LogP contribution in [0.2, 0.25) is 0 Å². The number of rotatable bonds is 6. The lowest BCUT2D eigenvalue weighted by molar-refractivity contribution is -0.145. The molecule has 0 amide bonds. The molecule has 0 aromatic heterocycles. The average molecular weight is 401 g/mol. The van der Waals surface area contributed by atoms with Crippen LogP contribution in [0, 0.1) is 0 Å². The van der Waals surface area contributed by atoms with E-state index in [4.69, 9.17) is 9.47 Å². The molecule has 0 unspecified atom stereocenters.